The summed E-state index contributed by atoms with van der Waals surface area (Å²) < 4.78 is 0. The van der Waals surface area contributed by atoms with E-state index in [1.807, 2.05) is 25.1 Å². The minimum Gasteiger partial charge on any atom is -0.324 e. The fraction of sp³-hybridized carbons (Fsp3) is 0.417. The minimum atomic E-state index is 0.533. The van der Waals surface area contributed by atoms with Gasteiger partial charge in [0.2, 0.25) is 5.96 Å². The molecule has 0 spiro atoms. The number of benzene rings is 1. The lowest BCUT2D eigenvalue weighted by atomic mass is 10.2. The molecule has 0 aliphatic carbocycles. The van der Waals surface area contributed by atoms with E-state index in [2.05, 4.69) is 22.7 Å². The number of halogens is 1. The summed E-state index contributed by atoms with van der Waals surface area (Å²) in [4.78, 5) is 4.31. The van der Waals surface area contributed by atoms with Gasteiger partial charge in [0.25, 0.3) is 0 Å². The highest BCUT2D eigenvalue weighted by atomic mass is 35.5. The minimum absolute atomic E-state index is 0.533. The first-order valence-electron chi connectivity index (χ1n) is 5.71. The third-order valence-electron chi connectivity index (χ3n) is 2.29. The van der Waals surface area contributed by atoms with Gasteiger partial charge in [-0.2, -0.15) is 0 Å². The molecule has 5 heteroatoms. The monoisotopic (exact) mass is 254 g/mol. The highest BCUT2D eigenvalue weighted by Crippen LogP contribution is 2.22. The van der Waals surface area contributed by atoms with E-state index in [-0.39, 0.29) is 0 Å². The van der Waals surface area contributed by atoms with Gasteiger partial charge in [0, 0.05) is 6.54 Å². The van der Waals surface area contributed by atoms with Gasteiger partial charge in [-0.1, -0.05) is 31.0 Å². The number of hydrogen-bond donors (Lipinski definition) is 3. The van der Waals surface area contributed by atoms with E-state index in [4.69, 9.17) is 17.4 Å². The summed E-state index contributed by atoms with van der Waals surface area (Å²) in [6, 6.07) is 5.76. The molecule has 0 atom stereocenters. The standard InChI is InChI=1S/C12H19ClN4/c1-3-4-7-15-12(17-14)16-11-8-9(2)5-6-10(11)13/h5-6,8H,3-4,7,14H2,1-2H3,(H2,15,16,17). The van der Waals surface area contributed by atoms with Crippen molar-refractivity contribution in [2.24, 2.45) is 10.8 Å². The largest absolute Gasteiger partial charge is 0.324 e. The maximum atomic E-state index is 6.07. The Morgan fingerprint density at radius 3 is 2.88 bits per heavy atom. The van der Waals surface area contributed by atoms with Crippen LogP contribution in [0.5, 0.6) is 0 Å². The molecule has 0 fully saturated rings. The molecule has 0 aliphatic heterocycles. The van der Waals surface area contributed by atoms with E-state index in [9.17, 15) is 0 Å². The van der Waals surface area contributed by atoms with Gasteiger partial charge >= 0.3 is 0 Å². The van der Waals surface area contributed by atoms with Crippen LogP contribution >= 0.6 is 11.6 Å². The normalized spacial score (nSPS) is 11.4. The van der Waals surface area contributed by atoms with Gasteiger partial charge < -0.3 is 5.32 Å². The predicted octanol–water partition coefficient (Wildman–Crippen LogP) is 2.68. The number of aryl methyl sites for hydroxylation is 1. The van der Waals surface area contributed by atoms with Crippen molar-refractivity contribution in [3.8, 4) is 0 Å². The van der Waals surface area contributed by atoms with E-state index in [0.29, 0.717) is 11.0 Å². The lowest BCUT2D eigenvalue weighted by molar-refractivity contribution is 0.801. The van der Waals surface area contributed by atoms with Crippen LogP contribution in [-0.4, -0.2) is 12.5 Å². The average Bonchev–Trinajstić information content (AvgIpc) is 2.32. The second kappa shape index (κ2) is 7.14. The smallest absolute Gasteiger partial charge is 0.210 e. The van der Waals surface area contributed by atoms with Crippen LogP contribution in [0, 0.1) is 6.92 Å². The number of rotatable bonds is 4. The Labute approximate surface area is 107 Å². The zero-order valence-corrected chi connectivity index (χ0v) is 11.0. The third kappa shape index (κ3) is 4.63. The van der Waals surface area contributed by atoms with E-state index >= 15 is 0 Å². The number of aliphatic imine (C=N–C) groups is 1. The number of hydrogen-bond acceptors (Lipinski definition) is 2. The molecule has 4 N–H and O–H groups in total. The molecule has 0 amide bonds. The van der Waals surface area contributed by atoms with Gasteiger partial charge in [-0.15, -0.1) is 0 Å². The number of nitrogens with one attached hydrogen (secondary N) is 2. The molecule has 0 bridgehead atoms. The molecule has 0 saturated heterocycles. The summed E-state index contributed by atoms with van der Waals surface area (Å²) in [6.07, 6.45) is 2.14. The molecule has 0 radical (unpaired) electrons. The molecule has 0 aliphatic rings. The zero-order valence-electron chi connectivity index (χ0n) is 10.3. The number of guanidine groups is 1. The summed E-state index contributed by atoms with van der Waals surface area (Å²) in [5.74, 6) is 5.94. The Balaban J connectivity index is 2.73. The van der Waals surface area contributed by atoms with Crippen molar-refractivity contribution in [2.75, 3.05) is 11.9 Å². The second-order valence-corrected chi connectivity index (χ2v) is 4.24. The second-order valence-electron chi connectivity index (χ2n) is 3.84. The molecular weight excluding hydrogens is 236 g/mol. The molecule has 94 valence electrons. The molecule has 17 heavy (non-hydrogen) atoms. The van der Waals surface area contributed by atoms with Crippen LogP contribution in [-0.2, 0) is 0 Å². The van der Waals surface area contributed by atoms with Crippen LogP contribution in [0.15, 0.2) is 23.2 Å². The molecule has 1 aromatic carbocycles. The molecule has 0 unspecified atom stereocenters. The van der Waals surface area contributed by atoms with E-state index in [1.54, 1.807) is 0 Å². The summed E-state index contributed by atoms with van der Waals surface area (Å²) in [7, 11) is 0. The van der Waals surface area contributed by atoms with E-state index < -0.39 is 0 Å². The lowest BCUT2D eigenvalue weighted by Gasteiger charge is -2.11. The first-order valence-corrected chi connectivity index (χ1v) is 6.09. The quantitative estimate of drug-likeness (QED) is 0.255. The van der Waals surface area contributed by atoms with Gasteiger partial charge in [0.1, 0.15) is 0 Å². The van der Waals surface area contributed by atoms with Crippen molar-refractivity contribution < 1.29 is 0 Å². The Hall–Kier alpha value is -1.26. The fourth-order valence-electron chi connectivity index (χ4n) is 1.33. The van der Waals surface area contributed by atoms with Gasteiger partial charge in [-0.05, 0) is 31.0 Å². The van der Waals surface area contributed by atoms with Gasteiger partial charge in [-0.3, -0.25) is 10.4 Å². The highest BCUT2D eigenvalue weighted by molar-refractivity contribution is 6.33. The maximum absolute atomic E-state index is 6.07. The average molecular weight is 255 g/mol. The van der Waals surface area contributed by atoms with Crippen LogP contribution in [0.25, 0.3) is 0 Å². The van der Waals surface area contributed by atoms with Crippen molar-refractivity contribution in [3.05, 3.63) is 28.8 Å². The number of nitrogens with zero attached hydrogens (tertiary/aromatic N) is 1. The molecule has 1 rings (SSSR count). The van der Waals surface area contributed by atoms with Gasteiger partial charge in [-0.25, -0.2) is 5.84 Å². The van der Waals surface area contributed by atoms with Crippen molar-refractivity contribution in [1.29, 1.82) is 0 Å². The third-order valence-corrected chi connectivity index (χ3v) is 2.62. The molecule has 1 aromatic rings. The lowest BCUT2D eigenvalue weighted by Crippen LogP contribution is -2.36. The Bertz CT molecular complexity index is 390. The van der Waals surface area contributed by atoms with Crippen LogP contribution in [0.2, 0.25) is 5.02 Å². The van der Waals surface area contributed by atoms with Gasteiger partial charge in [0.05, 0.1) is 10.7 Å². The molecular formula is C12H19ClN4. The first kappa shape index (κ1) is 13.8. The van der Waals surface area contributed by atoms with Crippen LogP contribution < -0.4 is 16.6 Å². The summed E-state index contributed by atoms with van der Waals surface area (Å²) in [5, 5.41) is 3.73. The first-order chi connectivity index (χ1) is 8.17. The Morgan fingerprint density at radius 1 is 1.47 bits per heavy atom. The van der Waals surface area contributed by atoms with E-state index in [0.717, 1.165) is 30.6 Å². The van der Waals surface area contributed by atoms with E-state index in [1.165, 1.54) is 0 Å². The van der Waals surface area contributed by atoms with Crippen LogP contribution in [0.3, 0.4) is 0 Å². The molecule has 4 nitrogen and oxygen atoms in total. The number of anilines is 1. The van der Waals surface area contributed by atoms with Crippen LogP contribution in [0.1, 0.15) is 25.3 Å². The number of hydrazine groups is 1. The topological polar surface area (TPSA) is 62.4 Å². The Kier molecular flexibility index (Phi) is 5.80. The SMILES string of the molecule is CCCCN=C(NN)Nc1cc(C)ccc1Cl. The summed E-state index contributed by atoms with van der Waals surface area (Å²) >= 11 is 6.07. The zero-order chi connectivity index (χ0) is 12.7. The predicted molar refractivity (Wildman–Crippen MR) is 74.3 cm³/mol. The van der Waals surface area contributed by atoms with Crippen LogP contribution in [0.4, 0.5) is 5.69 Å². The molecule has 0 saturated carbocycles. The Morgan fingerprint density at radius 2 is 2.24 bits per heavy atom. The maximum Gasteiger partial charge on any atom is 0.210 e. The van der Waals surface area contributed by atoms with Gasteiger partial charge in [0.15, 0.2) is 0 Å². The number of nitrogens with two attached hydrogens (primary N) is 1. The molecule has 0 aromatic heterocycles. The summed E-state index contributed by atoms with van der Waals surface area (Å²) in [6.45, 7) is 4.87. The van der Waals surface area contributed by atoms with Crippen molar-refractivity contribution >= 4 is 23.2 Å². The van der Waals surface area contributed by atoms with Crippen molar-refractivity contribution in [2.45, 2.75) is 26.7 Å². The van der Waals surface area contributed by atoms with Crippen molar-refractivity contribution in [3.63, 3.8) is 0 Å². The number of unbranched alkanes of at least 4 members (excludes halogenated alkanes) is 1. The fourth-order valence-corrected chi connectivity index (χ4v) is 1.50. The highest BCUT2D eigenvalue weighted by Gasteiger charge is 2.02. The van der Waals surface area contributed by atoms with Crippen molar-refractivity contribution in [1.82, 2.24) is 5.43 Å². The summed E-state index contributed by atoms with van der Waals surface area (Å²) in [5.41, 5.74) is 4.47. The molecule has 0 heterocycles.